The van der Waals surface area contributed by atoms with Crippen LogP contribution in [-0.2, 0) is 0 Å². The third kappa shape index (κ3) is 6.91. The molecule has 0 aliphatic carbocycles. The first-order chi connectivity index (χ1) is 19.9. The average molecular weight is 553 g/mol. The van der Waals surface area contributed by atoms with Gasteiger partial charge in [-0.2, -0.15) is 0 Å². The fourth-order valence-electron chi connectivity index (χ4n) is 6.19. The van der Waals surface area contributed by atoms with Gasteiger partial charge in [-0.15, -0.1) is 0 Å². The zero-order chi connectivity index (χ0) is 28.8. The molecule has 2 fully saturated rings. The highest BCUT2D eigenvalue weighted by atomic mass is 16.5. The lowest BCUT2D eigenvalue weighted by molar-refractivity contribution is -0.0713. The van der Waals surface area contributed by atoms with E-state index in [1.54, 1.807) is 7.11 Å². The lowest BCUT2D eigenvalue weighted by Gasteiger charge is -2.58. The Morgan fingerprint density at radius 1 is 0.976 bits per heavy atom. The molecular formula is C34H40N4O3. The number of rotatable bonds is 6. The van der Waals surface area contributed by atoms with Crippen molar-refractivity contribution in [1.29, 1.82) is 0 Å². The molecule has 7 heteroatoms. The molecule has 2 amide bonds. The van der Waals surface area contributed by atoms with Crippen molar-refractivity contribution in [3.8, 4) is 17.6 Å². The maximum atomic E-state index is 13.5. The van der Waals surface area contributed by atoms with E-state index in [0.29, 0.717) is 19.0 Å². The summed E-state index contributed by atoms with van der Waals surface area (Å²) in [7, 11) is 5.81. The van der Waals surface area contributed by atoms with Crippen molar-refractivity contribution in [3.63, 3.8) is 0 Å². The van der Waals surface area contributed by atoms with Gasteiger partial charge in [0, 0.05) is 61.0 Å². The summed E-state index contributed by atoms with van der Waals surface area (Å²) in [4.78, 5) is 20.1. The third-order valence-corrected chi connectivity index (χ3v) is 8.22. The van der Waals surface area contributed by atoms with E-state index in [1.807, 2.05) is 59.5 Å². The molecule has 0 radical (unpaired) electrons. The summed E-state index contributed by atoms with van der Waals surface area (Å²) < 4.78 is 5.25. The molecule has 0 spiro atoms. The number of aliphatic hydroxyl groups excluding tert-OH is 1. The third-order valence-electron chi connectivity index (χ3n) is 8.22. The number of amides is 2. The number of fused-ring (bicyclic) bond motifs is 1. The van der Waals surface area contributed by atoms with Crippen LogP contribution in [0.15, 0.2) is 78.9 Å². The molecule has 2 aliphatic rings. The van der Waals surface area contributed by atoms with Crippen LogP contribution in [0.5, 0.6) is 5.75 Å². The molecule has 2 saturated heterocycles. The normalized spacial score (nSPS) is 22.4. The number of nitrogens with zero attached hydrogens (tertiary/aromatic N) is 3. The van der Waals surface area contributed by atoms with Crippen LogP contribution in [0.1, 0.15) is 29.0 Å². The molecule has 2 aliphatic heterocycles. The van der Waals surface area contributed by atoms with Crippen molar-refractivity contribution in [3.05, 3.63) is 95.6 Å². The standard InChI is InChI=1S/C34H40N4O3/c1-36(2)21-27-19-20-37(34(40)35-29-15-17-30(41-3)18-16-29)23-31-33(32(24-39)38(31)22-27)28-13-11-26(12-14-28)10-9-25-7-5-4-6-8-25/h4-8,11-18,27,31-33,39H,19-24H2,1-3H3,(H,35,40)/t27?,31-,32+,33+/m0/s1. The van der Waals surface area contributed by atoms with Gasteiger partial charge in [-0.3, -0.25) is 4.90 Å². The summed E-state index contributed by atoms with van der Waals surface area (Å²) in [5, 5.41) is 13.6. The van der Waals surface area contributed by atoms with E-state index in [2.05, 4.69) is 65.3 Å². The van der Waals surface area contributed by atoms with Crippen molar-refractivity contribution in [2.24, 2.45) is 5.92 Å². The minimum Gasteiger partial charge on any atom is -0.497 e. The summed E-state index contributed by atoms with van der Waals surface area (Å²) in [6.45, 7) is 3.24. The number of hydrogen-bond donors (Lipinski definition) is 2. The molecule has 41 heavy (non-hydrogen) atoms. The fourth-order valence-corrected chi connectivity index (χ4v) is 6.19. The number of urea groups is 1. The molecule has 0 bridgehead atoms. The van der Waals surface area contributed by atoms with Gasteiger partial charge >= 0.3 is 6.03 Å². The molecule has 4 atom stereocenters. The zero-order valence-electron chi connectivity index (χ0n) is 24.2. The molecule has 3 aromatic rings. The summed E-state index contributed by atoms with van der Waals surface area (Å²) >= 11 is 0. The number of methoxy groups -OCH3 is 1. The van der Waals surface area contributed by atoms with Gasteiger partial charge in [-0.1, -0.05) is 42.2 Å². The minimum absolute atomic E-state index is 0.0236. The highest BCUT2D eigenvalue weighted by Gasteiger charge is 2.50. The lowest BCUT2D eigenvalue weighted by Crippen LogP contribution is -2.69. The van der Waals surface area contributed by atoms with Crippen LogP contribution >= 0.6 is 0 Å². The van der Waals surface area contributed by atoms with Crippen LogP contribution in [-0.4, -0.2) is 91.9 Å². The number of carbonyl (C=O) groups excluding carboxylic acids is 1. The van der Waals surface area contributed by atoms with Gasteiger partial charge in [0.05, 0.1) is 13.7 Å². The molecule has 0 aromatic heterocycles. The van der Waals surface area contributed by atoms with Crippen LogP contribution in [0.2, 0.25) is 0 Å². The molecule has 2 N–H and O–H groups in total. The topological polar surface area (TPSA) is 68.3 Å². The predicted octanol–water partition coefficient (Wildman–Crippen LogP) is 4.34. The minimum atomic E-state index is -0.0987. The highest BCUT2D eigenvalue weighted by Crippen LogP contribution is 2.42. The van der Waals surface area contributed by atoms with Gasteiger partial charge in [-0.05, 0) is 80.5 Å². The number of benzene rings is 3. The smallest absolute Gasteiger partial charge is 0.321 e. The van der Waals surface area contributed by atoms with Crippen LogP contribution in [0.25, 0.3) is 0 Å². The number of ether oxygens (including phenoxy) is 1. The van der Waals surface area contributed by atoms with Gasteiger partial charge in [0.2, 0.25) is 0 Å². The van der Waals surface area contributed by atoms with Crippen molar-refractivity contribution < 1.29 is 14.6 Å². The maximum Gasteiger partial charge on any atom is 0.321 e. The predicted molar refractivity (Wildman–Crippen MR) is 163 cm³/mol. The summed E-state index contributed by atoms with van der Waals surface area (Å²) in [5.74, 6) is 7.76. The number of aliphatic hydroxyl groups is 1. The summed E-state index contributed by atoms with van der Waals surface area (Å²) in [5.41, 5.74) is 3.86. The molecule has 2 heterocycles. The Labute approximate surface area is 243 Å². The highest BCUT2D eigenvalue weighted by molar-refractivity contribution is 5.89. The second-order valence-electron chi connectivity index (χ2n) is 11.3. The Morgan fingerprint density at radius 2 is 1.66 bits per heavy atom. The molecule has 1 unspecified atom stereocenters. The fraction of sp³-hybridized carbons (Fsp3) is 0.382. The maximum absolute atomic E-state index is 13.5. The summed E-state index contributed by atoms with van der Waals surface area (Å²) in [6, 6.07) is 25.8. The van der Waals surface area contributed by atoms with Crippen molar-refractivity contribution in [2.75, 3.05) is 59.3 Å². The Kier molecular flexibility index (Phi) is 9.25. The second kappa shape index (κ2) is 13.2. The van der Waals surface area contributed by atoms with Crippen molar-refractivity contribution >= 4 is 11.7 Å². The molecule has 0 saturated carbocycles. The quantitative estimate of drug-likeness (QED) is 0.446. The van der Waals surface area contributed by atoms with Gasteiger partial charge < -0.3 is 25.0 Å². The van der Waals surface area contributed by atoms with Gasteiger partial charge in [-0.25, -0.2) is 4.79 Å². The van der Waals surface area contributed by atoms with Crippen LogP contribution < -0.4 is 10.1 Å². The van der Waals surface area contributed by atoms with Crippen LogP contribution in [0, 0.1) is 17.8 Å². The summed E-state index contributed by atoms with van der Waals surface area (Å²) in [6.07, 6.45) is 0.912. The number of nitrogens with one attached hydrogen (secondary N) is 1. The molecule has 3 aromatic carbocycles. The van der Waals surface area contributed by atoms with E-state index < -0.39 is 0 Å². The van der Waals surface area contributed by atoms with Gasteiger partial charge in [0.15, 0.2) is 0 Å². The molecular weight excluding hydrogens is 512 g/mol. The Balaban J connectivity index is 1.36. The van der Waals surface area contributed by atoms with Crippen LogP contribution in [0.4, 0.5) is 10.5 Å². The monoisotopic (exact) mass is 552 g/mol. The number of carbonyl (C=O) groups is 1. The van der Waals surface area contributed by atoms with E-state index in [4.69, 9.17) is 4.74 Å². The van der Waals surface area contributed by atoms with E-state index in [0.717, 1.165) is 42.1 Å². The van der Waals surface area contributed by atoms with Crippen molar-refractivity contribution in [1.82, 2.24) is 14.7 Å². The Morgan fingerprint density at radius 3 is 2.29 bits per heavy atom. The Hall–Kier alpha value is -3.83. The van der Waals surface area contributed by atoms with E-state index in [1.165, 1.54) is 5.56 Å². The largest absolute Gasteiger partial charge is 0.497 e. The van der Waals surface area contributed by atoms with Gasteiger partial charge in [0.1, 0.15) is 5.75 Å². The number of anilines is 1. The van der Waals surface area contributed by atoms with Gasteiger partial charge in [0.25, 0.3) is 0 Å². The van der Waals surface area contributed by atoms with E-state index in [9.17, 15) is 9.90 Å². The average Bonchev–Trinajstić information content (AvgIpc) is 2.98. The van der Waals surface area contributed by atoms with Crippen LogP contribution in [0.3, 0.4) is 0 Å². The first-order valence-corrected chi connectivity index (χ1v) is 14.3. The van der Waals surface area contributed by atoms with E-state index >= 15 is 0 Å². The first kappa shape index (κ1) is 28.7. The Bertz CT molecular complexity index is 1350. The second-order valence-corrected chi connectivity index (χ2v) is 11.3. The van der Waals surface area contributed by atoms with Crippen molar-refractivity contribution in [2.45, 2.75) is 24.4 Å². The SMILES string of the molecule is COc1ccc(NC(=O)N2CCC(CN(C)C)CN3[C@H](CO)[C@H](c4ccc(C#Cc5ccccc5)cc4)[C@@H]3C2)cc1. The first-order valence-electron chi connectivity index (χ1n) is 14.3. The lowest BCUT2D eigenvalue weighted by atomic mass is 9.73. The zero-order valence-corrected chi connectivity index (χ0v) is 24.2. The molecule has 214 valence electrons. The molecule has 7 nitrogen and oxygen atoms in total. The number of hydrogen-bond acceptors (Lipinski definition) is 5. The van der Waals surface area contributed by atoms with E-state index in [-0.39, 0.29) is 30.6 Å². The molecule has 5 rings (SSSR count).